The van der Waals surface area contributed by atoms with Crippen LogP contribution < -0.4 is 0 Å². The van der Waals surface area contributed by atoms with E-state index in [4.69, 9.17) is 0 Å². The van der Waals surface area contributed by atoms with Gasteiger partial charge in [-0.25, -0.2) is 0 Å². The summed E-state index contributed by atoms with van der Waals surface area (Å²) in [4.78, 5) is 0. The lowest BCUT2D eigenvalue weighted by Gasteiger charge is -2.18. The SMILES string of the molecule is C=C1C/C=C\C(C)(C)C/C=C(/C)CC[C@H]1O. The second kappa shape index (κ2) is 5.49. The van der Waals surface area contributed by atoms with Crippen molar-refractivity contribution in [3.8, 4) is 0 Å². The van der Waals surface area contributed by atoms with Gasteiger partial charge in [-0.1, -0.05) is 44.2 Å². The van der Waals surface area contributed by atoms with E-state index >= 15 is 0 Å². The van der Waals surface area contributed by atoms with Crippen LogP contribution in [0.15, 0.2) is 36.0 Å². The Hall–Kier alpha value is -0.820. The lowest BCUT2D eigenvalue weighted by atomic mass is 9.87. The lowest BCUT2D eigenvalue weighted by molar-refractivity contribution is 0.199. The van der Waals surface area contributed by atoms with Crippen LogP contribution in [0.1, 0.15) is 46.5 Å². The molecule has 0 radical (unpaired) electrons. The Morgan fingerprint density at radius 1 is 1.44 bits per heavy atom. The molecule has 1 aliphatic rings. The molecule has 0 spiro atoms. The first kappa shape index (κ1) is 13.2. The Morgan fingerprint density at radius 2 is 2.12 bits per heavy atom. The third kappa shape index (κ3) is 4.36. The molecule has 0 heterocycles. The maximum absolute atomic E-state index is 9.88. The van der Waals surface area contributed by atoms with Gasteiger partial charge < -0.3 is 5.11 Å². The average Bonchev–Trinajstić information content (AvgIpc) is 2.23. The summed E-state index contributed by atoms with van der Waals surface area (Å²) in [5.74, 6) is 0. The third-order valence-electron chi connectivity index (χ3n) is 3.21. The normalized spacial score (nSPS) is 32.4. The second-order valence-electron chi connectivity index (χ2n) is 5.56. The molecule has 0 bridgehead atoms. The van der Waals surface area contributed by atoms with E-state index in [0.29, 0.717) is 0 Å². The summed E-state index contributed by atoms with van der Waals surface area (Å²) in [5, 5.41) is 9.88. The maximum atomic E-state index is 9.88. The van der Waals surface area contributed by atoms with Gasteiger partial charge in [0.25, 0.3) is 0 Å². The Kier molecular flexibility index (Phi) is 4.55. The molecule has 1 rings (SSSR count). The van der Waals surface area contributed by atoms with Crippen molar-refractivity contribution in [2.75, 3.05) is 0 Å². The van der Waals surface area contributed by atoms with Crippen molar-refractivity contribution in [2.24, 2.45) is 5.41 Å². The standard InChI is InChI=1S/C15H24O/c1-12-7-8-14(16)13(2)6-5-10-15(3,4)11-9-12/h5,9-10,14,16H,2,6-8,11H2,1,3-4H3/b10-5-,12-9-/t14-/m1/s1. The molecule has 1 nitrogen and oxygen atoms in total. The van der Waals surface area contributed by atoms with Gasteiger partial charge >= 0.3 is 0 Å². The van der Waals surface area contributed by atoms with E-state index in [-0.39, 0.29) is 11.5 Å². The predicted molar refractivity (Wildman–Crippen MR) is 70.3 cm³/mol. The molecule has 0 aromatic rings. The largest absolute Gasteiger partial charge is 0.389 e. The van der Waals surface area contributed by atoms with Gasteiger partial charge in [-0.3, -0.25) is 0 Å². The van der Waals surface area contributed by atoms with Crippen molar-refractivity contribution in [1.82, 2.24) is 0 Å². The van der Waals surface area contributed by atoms with Gasteiger partial charge in [0.1, 0.15) is 0 Å². The van der Waals surface area contributed by atoms with Crippen molar-refractivity contribution in [3.05, 3.63) is 36.0 Å². The average molecular weight is 220 g/mol. The van der Waals surface area contributed by atoms with Crippen molar-refractivity contribution in [1.29, 1.82) is 0 Å². The number of allylic oxidation sites excluding steroid dienone is 4. The zero-order chi connectivity index (χ0) is 12.2. The van der Waals surface area contributed by atoms with Gasteiger partial charge in [-0.05, 0) is 43.6 Å². The summed E-state index contributed by atoms with van der Waals surface area (Å²) in [6.07, 6.45) is 9.95. The summed E-state index contributed by atoms with van der Waals surface area (Å²) >= 11 is 0. The summed E-state index contributed by atoms with van der Waals surface area (Å²) in [6.45, 7) is 10.6. The van der Waals surface area contributed by atoms with Crippen LogP contribution in [-0.2, 0) is 0 Å². The van der Waals surface area contributed by atoms with Crippen LogP contribution in [0.25, 0.3) is 0 Å². The highest BCUT2D eigenvalue weighted by Gasteiger charge is 2.14. The molecule has 16 heavy (non-hydrogen) atoms. The molecule has 0 fully saturated rings. The highest BCUT2D eigenvalue weighted by molar-refractivity contribution is 5.13. The van der Waals surface area contributed by atoms with E-state index in [9.17, 15) is 5.11 Å². The molecule has 1 N–H and O–H groups in total. The summed E-state index contributed by atoms with van der Waals surface area (Å²) in [6, 6.07) is 0. The molecule has 1 atom stereocenters. The minimum Gasteiger partial charge on any atom is -0.389 e. The molecule has 0 saturated heterocycles. The molecule has 0 unspecified atom stereocenters. The smallest absolute Gasteiger partial charge is 0.0753 e. The van der Waals surface area contributed by atoms with Crippen molar-refractivity contribution in [3.63, 3.8) is 0 Å². The zero-order valence-electron chi connectivity index (χ0n) is 10.8. The topological polar surface area (TPSA) is 20.2 Å². The van der Waals surface area contributed by atoms with Crippen LogP contribution >= 0.6 is 0 Å². The second-order valence-corrected chi connectivity index (χ2v) is 5.56. The van der Waals surface area contributed by atoms with Crippen LogP contribution in [0.3, 0.4) is 0 Å². The summed E-state index contributed by atoms with van der Waals surface area (Å²) in [7, 11) is 0. The van der Waals surface area contributed by atoms with E-state index in [2.05, 4.69) is 45.6 Å². The Morgan fingerprint density at radius 3 is 2.81 bits per heavy atom. The van der Waals surface area contributed by atoms with Crippen LogP contribution in [0.5, 0.6) is 0 Å². The number of hydrogen-bond donors (Lipinski definition) is 1. The molecule has 0 aromatic heterocycles. The van der Waals surface area contributed by atoms with Crippen LogP contribution in [0.4, 0.5) is 0 Å². The first-order valence-corrected chi connectivity index (χ1v) is 6.10. The number of aliphatic hydroxyl groups excluding tert-OH is 1. The molecule has 0 saturated carbocycles. The third-order valence-corrected chi connectivity index (χ3v) is 3.21. The maximum Gasteiger partial charge on any atom is 0.0753 e. The number of hydrogen-bond acceptors (Lipinski definition) is 1. The monoisotopic (exact) mass is 220 g/mol. The van der Waals surface area contributed by atoms with E-state index < -0.39 is 0 Å². The predicted octanol–water partition coefficient (Wildman–Crippen LogP) is 4.01. The Labute approximate surface area is 99.6 Å². The molecule has 1 heteroatoms. The van der Waals surface area contributed by atoms with Crippen LogP contribution in [0.2, 0.25) is 0 Å². The van der Waals surface area contributed by atoms with E-state index in [1.165, 1.54) is 5.57 Å². The first-order chi connectivity index (χ1) is 7.41. The quantitative estimate of drug-likeness (QED) is 0.612. The summed E-state index contributed by atoms with van der Waals surface area (Å²) in [5.41, 5.74) is 2.51. The van der Waals surface area contributed by atoms with E-state index in [1.54, 1.807) is 0 Å². The van der Waals surface area contributed by atoms with Crippen LogP contribution in [0, 0.1) is 5.41 Å². The first-order valence-electron chi connectivity index (χ1n) is 6.10. The minimum absolute atomic E-state index is 0.205. The van der Waals surface area contributed by atoms with Gasteiger partial charge in [0.05, 0.1) is 6.10 Å². The van der Waals surface area contributed by atoms with Crippen molar-refractivity contribution < 1.29 is 5.11 Å². The molecule has 1 aliphatic carbocycles. The van der Waals surface area contributed by atoms with Crippen LogP contribution in [-0.4, -0.2) is 11.2 Å². The molecule has 0 aromatic carbocycles. The highest BCUT2D eigenvalue weighted by atomic mass is 16.3. The van der Waals surface area contributed by atoms with Gasteiger partial charge in [0, 0.05) is 0 Å². The fourth-order valence-corrected chi connectivity index (χ4v) is 1.84. The summed E-state index contributed by atoms with van der Waals surface area (Å²) < 4.78 is 0. The zero-order valence-corrected chi connectivity index (χ0v) is 10.8. The van der Waals surface area contributed by atoms with Gasteiger partial charge in [-0.2, -0.15) is 0 Å². The van der Waals surface area contributed by atoms with E-state index in [1.807, 2.05) is 0 Å². The van der Waals surface area contributed by atoms with Gasteiger partial charge in [0.15, 0.2) is 0 Å². The van der Waals surface area contributed by atoms with Gasteiger partial charge in [-0.15, -0.1) is 0 Å². The number of aliphatic hydroxyl groups is 1. The Bertz CT molecular complexity index is 307. The van der Waals surface area contributed by atoms with E-state index in [0.717, 1.165) is 31.3 Å². The number of rotatable bonds is 0. The lowest BCUT2D eigenvalue weighted by Crippen LogP contribution is -2.08. The molecule has 0 amide bonds. The fraction of sp³-hybridized carbons (Fsp3) is 0.600. The molecule has 90 valence electrons. The minimum atomic E-state index is -0.353. The van der Waals surface area contributed by atoms with Crippen molar-refractivity contribution in [2.45, 2.75) is 52.6 Å². The fourth-order valence-electron chi connectivity index (χ4n) is 1.84. The molecular weight excluding hydrogens is 196 g/mol. The molecule has 0 aliphatic heterocycles. The van der Waals surface area contributed by atoms with Gasteiger partial charge in [0.2, 0.25) is 0 Å². The Balaban J connectivity index is 2.81. The highest BCUT2D eigenvalue weighted by Crippen LogP contribution is 2.26. The molecular formula is C15H24O. The van der Waals surface area contributed by atoms with Crippen molar-refractivity contribution >= 4 is 0 Å².